The van der Waals surface area contributed by atoms with Crippen molar-refractivity contribution in [1.82, 2.24) is 0 Å². The van der Waals surface area contributed by atoms with Crippen LogP contribution in [0, 0.1) is 6.07 Å². The zero-order valence-electron chi connectivity index (χ0n) is 12.0. The quantitative estimate of drug-likeness (QED) is 0.237. The van der Waals surface area contributed by atoms with Crippen LogP contribution in [0.5, 0.6) is 0 Å². The standard InChI is InChI=1S/C22H13/c1-2-8-16-14-22-20-12-6-4-10-18(20)17-9-3-5-11-19(17)21(22)13-15(16)7-1/h1-9,11-14H. The van der Waals surface area contributed by atoms with Crippen molar-refractivity contribution in [3.63, 3.8) is 0 Å². The van der Waals surface area contributed by atoms with Crippen LogP contribution in [-0.2, 0) is 0 Å². The fraction of sp³-hybridized carbons (Fsp3) is 0. The molecule has 22 heavy (non-hydrogen) atoms. The van der Waals surface area contributed by atoms with E-state index in [9.17, 15) is 0 Å². The third-order valence-corrected chi connectivity index (χ3v) is 4.52. The maximum absolute atomic E-state index is 3.43. The highest BCUT2D eigenvalue weighted by Gasteiger charge is 2.08. The molecular formula is C22H13. The van der Waals surface area contributed by atoms with Crippen molar-refractivity contribution in [1.29, 1.82) is 0 Å². The van der Waals surface area contributed by atoms with E-state index in [1.54, 1.807) is 0 Å². The lowest BCUT2D eigenvalue weighted by atomic mass is 9.92. The van der Waals surface area contributed by atoms with Gasteiger partial charge in [0.25, 0.3) is 0 Å². The van der Waals surface area contributed by atoms with Gasteiger partial charge in [-0.2, -0.15) is 0 Å². The second-order valence-electron chi connectivity index (χ2n) is 5.75. The number of hydrogen-bond donors (Lipinski definition) is 0. The van der Waals surface area contributed by atoms with E-state index in [0.717, 1.165) is 0 Å². The second-order valence-corrected chi connectivity index (χ2v) is 5.75. The highest BCUT2D eigenvalue weighted by atomic mass is 14.1. The largest absolute Gasteiger partial charge is 0.0616 e. The summed E-state index contributed by atoms with van der Waals surface area (Å²) in [5.41, 5.74) is 0. The molecule has 5 aromatic rings. The predicted molar refractivity (Wildman–Crippen MR) is 95.3 cm³/mol. The molecule has 0 fully saturated rings. The summed E-state index contributed by atoms with van der Waals surface area (Å²) in [6, 6.07) is 31.6. The molecule has 0 nitrogen and oxygen atoms in total. The molecular weight excluding hydrogens is 264 g/mol. The summed E-state index contributed by atoms with van der Waals surface area (Å²) in [4.78, 5) is 0. The van der Waals surface area contributed by atoms with Crippen molar-refractivity contribution in [3.05, 3.63) is 84.9 Å². The molecule has 0 unspecified atom stereocenters. The minimum absolute atomic E-state index is 1.21. The van der Waals surface area contributed by atoms with Gasteiger partial charge in [-0.1, -0.05) is 66.7 Å². The van der Waals surface area contributed by atoms with Crippen LogP contribution in [-0.4, -0.2) is 0 Å². The zero-order chi connectivity index (χ0) is 14.5. The Morgan fingerprint density at radius 2 is 1.05 bits per heavy atom. The summed E-state index contributed by atoms with van der Waals surface area (Å²) in [6.45, 7) is 0. The topological polar surface area (TPSA) is 0 Å². The molecule has 0 heteroatoms. The van der Waals surface area contributed by atoms with Crippen molar-refractivity contribution in [2.24, 2.45) is 0 Å². The monoisotopic (exact) mass is 277 g/mol. The SMILES string of the molecule is [c]1cccc2c1c1ccccc1c1cc3ccccc3cc21. The van der Waals surface area contributed by atoms with Gasteiger partial charge < -0.3 is 0 Å². The van der Waals surface area contributed by atoms with Crippen LogP contribution in [0.4, 0.5) is 0 Å². The van der Waals surface area contributed by atoms with Gasteiger partial charge >= 0.3 is 0 Å². The molecule has 0 aliphatic carbocycles. The number of hydrogen-bond acceptors (Lipinski definition) is 0. The molecule has 1 radical (unpaired) electrons. The summed E-state index contributed by atoms with van der Waals surface area (Å²) in [6.07, 6.45) is 0. The van der Waals surface area contributed by atoms with E-state index in [0.29, 0.717) is 0 Å². The molecule has 0 heterocycles. The smallest absolute Gasteiger partial charge is 0.00201 e. The van der Waals surface area contributed by atoms with Crippen LogP contribution in [0.15, 0.2) is 78.9 Å². The molecule has 0 spiro atoms. The third-order valence-electron chi connectivity index (χ3n) is 4.52. The molecule has 5 rings (SSSR count). The lowest BCUT2D eigenvalue weighted by Gasteiger charge is -2.11. The van der Waals surface area contributed by atoms with Crippen molar-refractivity contribution in [2.45, 2.75) is 0 Å². The van der Waals surface area contributed by atoms with Crippen LogP contribution in [0.2, 0.25) is 0 Å². The first-order valence-corrected chi connectivity index (χ1v) is 7.55. The molecule has 0 bridgehead atoms. The number of benzene rings is 5. The summed E-state index contributed by atoms with van der Waals surface area (Å²) in [5, 5.41) is 10.3. The van der Waals surface area contributed by atoms with Crippen LogP contribution in [0.3, 0.4) is 0 Å². The predicted octanol–water partition coefficient (Wildman–Crippen LogP) is 6.10. The molecule has 0 aliphatic rings. The lowest BCUT2D eigenvalue weighted by molar-refractivity contribution is 1.77. The van der Waals surface area contributed by atoms with Crippen LogP contribution in [0.25, 0.3) is 43.1 Å². The number of fused-ring (bicyclic) bond motifs is 7. The average molecular weight is 277 g/mol. The molecule has 0 aromatic heterocycles. The molecule has 0 amide bonds. The van der Waals surface area contributed by atoms with Gasteiger partial charge in [0.1, 0.15) is 0 Å². The normalized spacial score (nSPS) is 11.6. The fourth-order valence-corrected chi connectivity index (χ4v) is 3.51. The molecule has 0 saturated heterocycles. The van der Waals surface area contributed by atoms with Crippen molar-refractivity contribution >= 4 is 43.1 Å². The highest BCUT2D eigenvalue weighted by Crippen LogP contribution is 2.36. The molecule has 0 saturated carbocycles. The Morgan fingerprint density at radius 3 is 1.82 bits per heavy atom. The summed E-state index contributed by atoms with van der Waals surface area (Å²) < 4.78 is 0. The van der Waals surface area contributed by atoms with E-state index in [1.165, 1.54) is 43.1 Å². The van der Waals surface area contributed by atoms with Gasteiger partial charge in [0.05, 0.1) is 0 Å². The minimum atomic E-state index is 1.21. The Kier molecular flexibility index (Phi) is 2.31. The van der Waals surface area contributed by atoms with Crippen molar-refractivity contribution in [3.8, 4) is 0 Å². The van der Waals surface area contributed by atoms with E-state index in [2.05, 4.69) is 78.9 Å². The third kappa shape index (κ3) is 1.52. The average Bonchev–Trinajstić information content (AvgIpc) is 2.61. The van der Waals surface area contributed by atoms with E-state index >= 15 is 0 Å². The summed E-state index contributed by atoms with van der Waals surface area (Å²) >= 11 is 0. The van der Waals surface area contributed by atoms with E-state index < -0.39 is 0 Å². The summed E-state index contributed by atoms with van der Waals surface area (Å²) in [7, 11) is 0. The number of rotatable bonds is 0. The first-order valence-electron chi connectivity index (χ1n) is 7.55. The van der Waals surface area contributed by atoms with E-state index in [4.69, 9.17) is 0 Å². The van der Waals surface area contributed by atoms with Crippen molar-refractivity contribution in [2.75, 3.05) is 0 Å². The molecule has 0 aliphatic heterocycles. The Morgan fingerprint density at radius 1 is 0.500 bits per heavy atom. The van der Waals surface area contributed by atoms with Crippen LogP contribution in [0.1, 0.15) is 0 Å². The first kappa shape index (κ1) is 11.8. The Labute approximate surface area is 128 Å². The molecule has 0 atom stereocenters. The maximum atomic E-state index is 3.43. The Balaban J connectivity index is 2.17. The first-order chi connectivity index (χ1) is 10.9. The summed E-state index contributed by atoms with van der Waals surface area (Å²) in [5.74, 6) is 0. The van der Waals surface area contributed by atoms with Crippen molar-refractivity contribution < 1.29 is 0 Å². The zero-order valence-corrected chi connectivity index (χ0v) is 12.0. The van der Waals surface area contributed by atoms with Crippen LogP contribution >= 0.6 is 0 Å². The second kappa shape index (κ2) is 4.32. The minimum Gasteiger partial charge on any atom is -0.0616 e. The Hall–Kier alpha value is -2.86. The fourth-order valence-electron chi connectivity index (χ4n) is 3.51. The lowest BCUT2D eigenvalue weighted by Crippen LogP contribution is -1.84. The van der Waals surface area contributed by atoms with Gasteiger partial charge in [0, 0.05) is 0 Å². The van der Waals surface area contributed by atoms with Gasteiger partial charge in [0.15, 0.2) is 0 Å². The van der Waals surface area contributed by atoms with E-state index in [1.807, 2.05) is 6.07 Å². The van der Waals surface area contributed by atoms with Gasteiger partial charge in [-0.3, -0.25) is 0 Å². The van der Waals surface area contributed by atoms with E-state index in [-0.39, 0.29) is 0 Å². The van der Waals surface area contributed by atoms with Gasteiger partial charge in [-0.15, -0.1) is 0 Å². The van der Waals surface area contributed by atoms with Gasteiger partial charge in [-0.25, -0.2) is 0 Å². The van der Waals surface area contributed by atoms with Crippen LogP contribution < -0.4 is 0 Å². The molecule has 101 valence electrons. The highest BCUT2D eigenvalue weighted by molar-refractivity contribution is 6.27. The molecule has 0 N–H and O–H groups in total. The van der Waals surface area contributed by atoms with Gasteiger partial charge in [-0.05, 0) is 61.3 Å². The Bertz CT molecular complexity index is 1070. The molecule has 5 aromatic carbocycles. The maximum Gasteiger partial charge on any atom is -0.00201 e. The van der Waals surface area contributed by atoms with Gasteiger partial charge in [0.2, 0.25) is 0 Å².